The number of unbranched alkanes of at least 4 members (excludes halogenated alkanes) is 1. The van der Waals surface area contributed by atoms with Crippen LogP contribution in [0.15, 0.2) is 66.7 Å². The number of amides is 2. The van der Waals surface area contributed by atoms with Crippen LogP contribution >= 0.6 is 0 Å². The molecular weight excluding hydrogens is 408 g/mol. The van der Waals surface area contributed by atoms with E-state index in [1.165, 1.54) is 10.8 Å². The molecule has 1 atom stereocenters. The molecule has 0 saturated carbocycles. The lowest BCUT2D eigenvalue weighted by molar-refractivity contribution is -0.141. The first-order valence-corrected chi connectivity index (χ1v) is 12.1. The minimum Gasteiger partial charge on any atom is -0.354 e. The van der Waals surface area contributed by atoms with Crippen LogP contribution in [0.3, 0.4) is 0 Å². The van der Waals surface area contributed by atoms with Gasteiger partial charge in [-0.1, -0.05) is 92.6 Å². The molecule has 2 amide bonds. The highest BCUT2D eigenvalue weighted by molar-refractivity contribution is 5.89. The molecule has 0 aromatic heterocycles. The van der Waals surface area contributed by atoms with E-state index in [-0.39, 0.29) is 11.8 Å². The van der Waals surface area contributed by atoms with E-state index < -0.39 is 6.04 Å². The van der Waals surface area contributed by atoms with Crippen LogP contribution in [-0.2, 0) is 22.6 Å². The SMILES string of the molecule is CCCCNC(=O)C(CC)N(Cc1cccc(C)c1)C(=O)CCc1cccc2ccccc12. The summed E-state index contributed by atoms with van der Waals surface area (Å²) in [5.41, 5.74) is 3.36. The van der Waals surface area contributed by atoms with Gasteiger partial charge in [-0.25, -0.2) is 0 Å². The van der Waals surface area contributed by atoms with Gasteiger partial charge in [-0.3, -0.25) is 9.59 Å². The van der Waals surface area contributed by atoms with Gasteiger partial charge in [-0.2, -0.15) is 0 Å². The number of rotatable bonds is 11. The van der Waals surface area contributed by atoms with Gasteiger partial charge in [0.05, 0.1) is 0 Å². The van der Waals surface area contributed by atoms with Crippen molar-refractivity contribution in [1.29, 1.82) is 0 Å². The summed E-state index contributed by atoms with van der Waals surface area (Å²) in [5, 5.41) is 5.40. The second-order valence-electron chi connectivity index (χ2n) is 8.72. The quantitative estimate of drug-likeness (QED) is 0.380. The Labute approximate surface area is 198 Å². The highest BCUT2D eigenvalue weighted by atomic mass is 16.2. The number of carbonyl (C=O) groups is 2. The molecule has 0 bridgehead atoms. The molecule has 0 saturated heterocycles. The molecule has 0 aliphatic carbocycles. The lowest BCUT2D eigenvalue weighted by Gasteiger charge is -2.31. The standard InChI is InChI=1S/C29H36N2O2/c1-4-6-19-30-29(33)27(5-2)31(21-23-12-9-11-22(3)20-23)28(32)18-17-25-15-10-14-24-13-7-8-16-26(24)25/h7-16,20,27H,4-6,17-19,21H2,1-3H3,(H,30,33). The lowest BCUT2D eigenvalue weighted by atomic mass is 10.00. The van der Waals surface area contributed by atoms with Gasteiger partial charge in [0.25, 0.3) is 0 Å². The van der Waals surface area contributed by atoms with Crippen LogP contribution < -0.4 is 5.32 Å². The molecular formula is C29H36N2O2. The summed E-state index contributed by atoms with van der Waals surface area (Å²) in [5.74, 6) is -0.0426. The molecule has 33 heavy (non-hydrogen) atoms. The van der Waals surface area contributed by atoms with Crippen LogP contribution in [0.25, 0.3) is 10.8 Å². The van der Waals surface area contributed by atoms with Crippen molar-refractivity contribution >= 4 is 22.6 Å². The Hall–Kier alpha value is -3.14. The number of hydrogen-bond acceptors (Lipinski definition) is 2. The second kappa shape index (κ2) is 12.2. The van der Waals surface area contributed by atoms with E-state index in [9.17, 15) is 9.59 Å². The minimum atomic E-state index is -0.470. The molecule has 1 N–H and O–H groups in total. The molecule has 0 spiro atoms. The summed E-state index contributed by atoms with van der Waals surface area (Å²) >= 11 is 0. The number of hydrogen-bond donors (Lipinski definition) is 1. The summed E-state index contributed by atoms with van der Waals surface area (Å²) in [4.78, 5) is 28.3. The van der Waals surface area contributed by atoms with Crippen molar-refractivity contribution in [1.82, 2.24) is 10.2 Å². The van der Waals surface area contributed by atoms with Crippen molar-refractivity contribution in [3.05, 3.63) is 83.4 Å². The smallest absolute Gasteiger partial charge is 0.242 e. The fraction of sp³-hybridized carbons (Fsp3) is 0.379. The third kappa shape index (κ3) is 6.67. The fourth-order valence-corrected chi connectivity index (χ4v) is 4.33. The average molecular weight is 445 g/mol. The summed E-state index contributed by atoms with van der Waals surface area (Å²) in [7, 11) is 0. The summed E-state index contributed by atoms with van der Waals surface area (Å²) in [6.45, 7) is 7.21. The Morgan fingerprint density at radius 1 is 0.970 bits per heavy atom. The van der Waals surface area contributed by atoms with Gasteiger partial charge in [0, 0.05) is 19.5 Å². The first-order chi connectivity index (χ1) is 16.0. The highest BCUT2D eigenvalue weighted by Gasteiger charge is 2.28. The topological polar surface area (TPSA) is 49.4 Å². The van der Waals surface area contributed by atoms with Crippen molar-refractivity contribution in [3.63, 3.8) is 0 Å². The molecule has 4 nitrogen and oxygen atoms in total. The van der Waals surface area contributed by atoms with Crippen molar-refractivity contribution in [2.24, 2.45) is 0 Å². The number of nitrogens with one attached hydrogen (secondary N) is 1. The maximum Gasteiger partial charge on any atom is 0.242 e. The Kier molecular flexibility index (Phi) is 9.05. The van der Waals surface area contributed by atoms with Crippen molar-refractivity contribution < 1.29 is 9.59 Å². The largest absolute Gasteiger partial charge is 0.354 e. The van der Waals surface area contributed by atoms with Gasteiger partial charge < -0.3 is 10.2 Å². The van der Waals surface area contributed by atoms with Crippen molar-refractivity contribution in [3.8, 4) is 0 Å². The third-order valence-corrected chi connectivity index (χ3v) is 6.14. The van der Waals surface area contributed by atoms with E-state index in [0.717, 1.165) is 29.5 Å². The molecule has 0 aliphatic rings. The fourth-order valence-electron chi connectivity index (χ4n) is 4.33. The van der Waals surface area contributed by atoms with Gasteiger partial charge >= 0.3 is 0 Å². The Bertz CT molecular complexity index is 1070. The van der Waals surface area contributed by atoms with Gasteiger partial charge in [0.1, 0.15) is 6.04 Å². The van der Waals surface area contributed by atoms with Gasteiger partial charge in [-0.05, 0) is 48.1 Å². The molecule has 174 valence electrons. The zero-order valence-electron chi connectivity index (χ0n) is 20.1. The van der Waals surface area contributed by atoms with Crippen LogP contribution in [0.4, 0.5) is 0 Å². The van der Waals surface area contributed by atoms with E-state index in [2.05, 4.69) is 42.6 Å². The molecule has 0 radical (unpaired) electrons. The summed E-state index contributed by atoms with van der Waals surface area (Å²) in [6.07, 6.45) is 3.57. The van der Waals surface area contributed by atoms with Crippen LogP contribution in [0.2, 0.25) is 0 Å². The Morgan fingerprint density at radius 3 is 2.48 bits per heavy atom. The Morgan fingerprint density at radius 2 is 1.73 bits per heavy atom. The first-order valence-electron chi connectivity index (χ1n) is 12.1. The first kappa shape index (κ1) is 24.5. The van der Waals surface area contributed by atoms with Crippen molar-refractivity contribution in [2.45, 2.75) is 65.5 Å². The van der Waals surface area contributed by atoms with Crippen LogP contribution in [0.1, 0.15) is 56.2 Å². The van der Waals surface area contributed by atoms with E-state index in [0.29, 0.717) is 32.4 Å². The molecule has 1 unspecified atom stereocenters. The van der Waals surface area contributed by atoms with Crippen LogP contribution in [0.5, 0.6) is 0 Å². The Balaban J connectivity index is 1.80. The van der Waals surface area contributed by atoms with Crippen LogP contribution in [-0.4, -0.2) is 29.3 Å². The second-order valence-corrected chi connectivity index (χ2v) is 8.72. The molecule has 0 aliphatic heterocycles. The number of fused-ring (bicyclic) bond motifs is 1. The third-order valence-electron chi connectivity index (χ3n) is 6.14. The zero-order chi connectivity index (χ0) is 23.6. The maximum atomic E-state index is 13.5. The molecule has 3 aromatic rings. The lowest BCUT2D eigenvalue weighted by Crippen LogP contribution is -2.49. The molecule has 3 aromatic carbocycles. The predicted molar refractivity (Wildman–Crippen MR) is 136 cm³/mol. The van der Waals surface area contributed by atoms with Gasteiger partial charge in [0.15, 0.2) is 0 Å². The maximum absolute atomic E-state index is 13.5. The zero-order valence-corrected chi connectivity index (χ0v) is 20.1. The molecule has 3 rings (SSSR count). The van der Waals surface area contributed by atoms with E-state index >= 15 is 0 Å². The highest BCUT2D eigenvalue weighted by Crippen LogP contribution is 2.21. The van der Waals surface area contributed by atoms with Gasteiger partial charge in [0.2, 0.25) is 11.8 Å². The summed E-state index contributed by atoms with van der Waals surface area (Å²) in [6, 6.07) is 22.2. The number of carbonyl (C=O) groups excluding carboxylic acids is 2. The average Bonchev–Trinajstić information content (AvgIpc) is 2.82. The summed E-state index contributed by atoms with van der Waals surface area (Å²) < 4.78 is 0. The van der Waals surface area contributed by atoms with E-state index in [4.69, 9.17) is 0 Å². The number of nitrogens with zero attached hydrogens (tertiary/aromatic N) is 1. The van der Waals surface area contributed by atoms with E-state index in [1.807, 2.05) is 50.2 Å². The number of benzene rings is 3. The predicted octanol–water partition coefficient (Wildman–Crippen LogP) is 5.80. The van der Waals surface area contributed by atoms with Crippen molar-refractivity contribution in [2.75, 3.05) is 6.54 Å². The molecule has 0 heterocycles. The molecule has 0 fully saturated rings. The van der Waals surface area contributed by atoms with Gasteiger partial charge in [-0.15, -0.1) is 0 Å². The molecule has 4 heteroatoms. The minimum absolute atomic E-state index is 0.0157. The van der Waals surface area contributed by atoms with Crippen LogP contribution in [0, 0.1) is 6.92 Å². The van der Waals surface area contributed by atoms with E-state index in [1.54, 1.807) is 4.90 Å². The normalized spacial score (nSPS) is 11.8. The number of aryl methyl sites for hydroxylation is 2. The monoisotopic (exact) mass is 444 g/mol.